The molecule has 0 spiro atoms. The van der Waals surface area contributed by atoms with Crippen LogP contribution in [0.5, 0.6) is 5.75 Å². The first-order valence-electron chi connectivity index (χ1n) is 6.82. The van der Waals surface area contributed by atoms with E-state index in [2.05, 4.69) is 11.1 Å². The highest BCUT2D eigenvalue weighted by Gasteiger charge is 2.24. The Kier molecular flexibility index (Phi) is 3.90. The Morgan fingerprint density at radius 3 is 3.05 bits per heavy atom. The Hall–Kier alpha value is -1.58. The molecule has 1 aliphatic heterocycles. The van der Waals surface area contributed by atoms with E-state index in [4.69, 9.17) is 22.1 Å². The summed E-state index contributed by atoms with van der Waals surface area (Å²) >= 11 is 6.17. The van der Waals surface area contributed by atoms with E-state index < -0.39 is 0 Å². The van der Waals surface area contributed by atoms with E-state index in [0.29, 0.717) is 10.9 Å². The van der Waals surface area contributed by atoms with Gasteiger partial charge in [-0.1, -0.05) is 29.8 Å². The van der Waals surface area contributed by atoms with Crippen molar-refractivity contribution >= 4 is 11.6 Å². The lowest BCUT2D eigenvalue weighted by Crippen LogP contribution is -2.20. The average molecular weight is 289 g/mol. The normalized spacial score (nSPS) is 19.0. The zero-order valence-corrected chi connectivity index (χ0v) is 11.9. The molecule has 3 nitrogen and oxygen atoms in total. The van der Waals surface area contributed by atoms with Gasteiger partial charge in [-0.3, -0.25) is 4.98 Å². The zero-order valence-electron chi connectivity index (χ0n) is 11.1. The predicted molar refractivity (Wildman–Crippen MR) is 80.1 cm³/mol. The van der Waals surface area contributed by atoms with Crippen LogP contribution in [-0.2, 0) is 0 Å². The molecule has 0 radical (unpaired) electrons. The van der Waals surface area contributed by atoms with E-state index >= 15 is 0 Å². The van der Waals surface area contributed by atoms with Gasteiger partial charge in [0, 0.05) is 18.4 Å². The standard InChI is InChI=1S/C16H17ClN2O/c17-14-10-19-7-5-13(14)15(18)9-11-6-8-20-16-4-2-1-3-12(11)16/h1-5,7,10-11,15H,6,8-9,18H2. The highest BCUT2D eigenvalue weighted by molar-refractivity contribution is 6.31. The van der Waals surface area contributed by atoms with Crippen molar-refractivity contribution in [2.45, 2.75) is 24.8 Å². The summed E-state index contributed by atoms with van der Waals surface area (Å²) in [7, 11) is 0. The smallest absolute Gasteiger partial charge is 0.122 e. The predicted octanol–water partition coefficient (Wildman–Crippen LogP) is 3.69. The maximum Gasteiger partial charge on any atom is 0.122 e. The number of pyridine rings is 1. The molecule has 1 aromatic carbocycles. The van der Waals surface area contributed by atoms with E-state index in [-0.39, 0.29) is 6.04 Å². The van der Waals surface area contributed by atoms with Gasteiger partial charge in [0.05, 0.1) is 11.6 Å². The van der Waals surface area contributed by atoms with Crippen molar-refractivity contribution in [2.75, 3.05) is 6.61 Å². The third-order valence-corrected chi connectivity index (χ3v) is 4.14. The summed E-state index contributed by atoms with van der Waals surface area (Å²) < 4.78 is 5.69. The molecule has 2 unspecified atom stereocenters. The zero-order chi connectivity index (χ0) is 13.9. The molecule has 0 saturated heterocycles. The SMILES string of the molecule is NC(CC1CCOc2ccccc21)c1ccncc1Cl. The summed E-state index contributed by atoms with van der Waals surface area (Å²) in [5.41, 5.74) is 8.54. The summed E-state index contributed by atoms with van der Waals surface area (Å²) in [5, 5.41) is 0.639. The van der Waals surface area contributed by atoms with Crippen LogP contribution < -0.4 is 10.5 Å². The number of para-hydroxylation sites is 1. The molecule has 2 atom stereocenters. The topological polar surface area (TPSA) is 48.1 Å². The number of ether oxygens (including phenoxy) is 1. The second kappa shape index (κ2) is 5.81. The van der Waals surface area contributed by atoms with Crippen LogP contribution in [-0.4, -0.2) is 11.6 Å². The van der Waals surface area contributed by atoms with Gasteiger partial charge < -0.3 is 10.5 Å². The number of hydrogen-bond donors (Lipinski definition) is 1. The number of nitrogens with zero attached hydrogens (tertiary/aromatic N) is 1. The lowest BCUT2D eigenvalue weighted by molar-refractivity contribution is 0.259. The maximum atomic E-state index is 6.33. The lowest BCUT2D eigenvalue weighted by atomic mass is 9.86. The molecule has 104 valence electrons. The number of aromatic nitrogens is 1. The van der Waals surface area contributed by atoms with Gasteiger partial charge in [0.25, 0.3) is 0 Å². The minimum atomic E-state index is -0.0818. The Morgan fingerprint density at radius 2 is 2.20 bits per heavy atom. The molecular weight excluding hydrogens is 272 g/mol. The van der Waals surface area contributed by atoms with Crippen molar-refractivity contribution in [2.24, 2.45) is 5.73 Å². The molecule has 1 aliphatic rings. The molecule has 0 bridgehead atoms. The van der Waals surface area contributed by atoms with E-state index in [1.54, 1.807) is 12.4 Å². The van der Waals surface area contributed by atoms with Crippen LogP contribution in [0.15, 0.2) is 42.7 Å². The van der Waals surface area contributed by atoms with Gasteiger partial charge in [-0.05, 0) is 42.0 Å². The van der Waals surface area contributed by atoms with Crippen molar-refractivity contribution < 1.29 is 4.74 Å². The summed E-state index contributed by atoms with van der Waals surface area (Å²) in [5.74, 6) is 1.40. The van der Waals surface area contributed by atoms with Crippen LogP contribution in [0.25, 0.3) is 0 Å². The molecule has 0 aliphatic carbocycles. The van der Waals surface area contributed by atoms with Crippen molar-refractivity contribution in [1.82, 2.24) is 4.98 Å². The molecule has 2 heterocycles. The fourth-order valence-corrected chi connectivity index (χ4v) is 3.04. The Bertz CT molecular complexity index is 603. The first-order valence-corrected chi connectivity index (χ1v) is 7.20. The third kappa shape index (κ3) is 2.65. The van der Waals surface area contributed by atoms with E-state index in [1.165, 1.54) is 5.56 Å². The first-order chi connectivity index (χ1) is 9.75. The maximum absolute atomic E-state index is 6.33. The second-order valence-electron chi connectivity index (χ2n) is 5.11. The largest absolute Gasteiger partial charge is 0.493 e. The van der Waals surface area contributed by atoms with Crippen molar-refractivity contribution in [3.05, 3.63) is 58.9 Å². The summed E-state index contributed by atoms with van der Waals surface area (Å²) in [6, 6.07) is 10.0. The van der Waals surface area contributed by atoms with Gasteiger partial charge in [0.1, 0.15) is 5.75 Å². The van der Waals surface area contributed by atoms with Gasteiger partial charge in [-0.2, -0.15) is 0 Å². The van der Waals surface area contributed by atoms with Crippen LogP contribution in [0, 0.1) is 0 Å². The third-order valence-electron chi connectivity index (χ3n) is 3.82. The molecule has 3 rings (SSSR count). The van der Waals surface area contributed by atoms with Crippen LogP contribution in [0.1, 0.15) is 35.9 Å². The number of benzene rings is 1. The number of hydrogen-bond acceptors (Lipinski definition) is 3. The van der Waals surface area contributed by atoms with Crippen LogP contribution in [0.2, 0.25) is 5.02 Å². The van der Waals surface area contributed by atoms with Crippen LogP contribution in [0.4, 0.5) is 0 Å². The van der Waals surface area contributed by atoms with Crippen LogP contribution >= 0.6 is 11.6 Å². The Labute approximate surface area is 123 Å². The highest BCUT2D eigenvalue weighted by atomic mass is 35.5. The van der Waals surface area contributed by atoms with Gasteiger partial charge >= 0.3 is 0 Å². The van der Waals surface area contributed by atoms with Gasteiger partial charge in [0.2, 0.25) is 0 Å². The molecule has 4 heteroatoms. The van der Waals surface area contributed by atoms with Gasteiger partial charge in [-0.15, -0.1) is 0 Å². The fraction of sp³-hybridized carbons (Fsp3) is 0.312. The molecule has 2 aromatic rings. The Morgan fingerprint density at radius 1 is 1.35 bits per heavy atom. The van der Waals surface area contributed by atoms with Crippen molar-refractivity contribution in [1.29, 1.82) is 0 Å². The number of nitrogens with two attached hydrogens (primary N) is 1. The first kappa shape index (κ1) is 13.4. The number of fused-ring (bicyclic) bond motifs is 1. The summed E-state index contributed by atoms with van der Waals surface area (Å²) in [6.07, 6.45) is 5.24. The van der Waals surface area contributed by atoms with Crippen molar-refractivity contribution in [3.63, 3.8) is 0 Å². The highest BCUT2D eigenvalue weighted by Crippen LogP contribution is 2.38. The monoisotopic (exact) mass is 288 g/mol. The second-order valence-corrected chi connectivity index (χ2v) is 5.52. The van der Waals surface area contributed by atoms with Gasteiger partial charge in [-0.25, -0.2) is 0 Å². The number of rotatable bonds is 3. The lowest BCUT2D eigenvalue weighted by Gasteiger charge is -2.28. The number of halogens is 1. The molecule has 0 amide bonds. The molecule has 1 aromatic heterocycles. The summed E-state index contributed by atoms with van der Waals surface area (Å²) in [4.78, 5) is 4.00. The van der Waals surface area contributed by atoms with Gasteiger partial charge in [0.15, 0.2) is 0 Å². The molecular formula is C16H17ClN2O. The summed E-state index contributed by atoms with van der Waals surface area (Å²) in [6.45, 7) is 0.748. The Balaban J connectivity index is 1.81. The molecule has 0 fully saturated rings. The van der Waals surface area contributed by atoms with E-state index in [0.717, 1.165) is 30.8 Å². The van der Waals surface area contributed by atoms with Crippen molar-refractivity contribution in [3.8, 4) is 5.75 Å². The average Bonchev–Trinajstić information content (AvgIpc) is 2.48. The minimum absolute atomic E-state index is 0.0818. The molecule has 0 saturated carbocycles. The van der Waals surface area contributed by atoms with Crippen LogP contribution in [0.3, 0.4) is 0 Å². The molecule has 2 N–H and O–H groups in total. The van der Waals surface area contributed by atoms with E-state index in [1.807, 2.05) is 24.3 Å². The van der Waals surface area contributed by atoms with E-state index in [9.17, 15) is 0 Å². The fourth-order valence-electron chi connectivity index (χ4n) is 2.78. The minimum Gasteiger partial charge on any atom is -0.493 e. The molecule has 20 heavy (non-hydrogen) atoms. The quantitative estimate of drug-likeness (QED) is 0.937.